The van der Waals surface area contributed by atoms with Crippen molar-refractivity contribution in [3.8, 4) is 11.5 Å². The van der Waals surface area contributed by atoms with E-state index < -0.39 is 0 Å². The average molecular weight is 245 g/mol. The van der Waals surface area contributed by atoms with E-state index >= 15 is 0 Å². The van der Waals surface area contributed by atoms with Gasteiger partial charge in [0.1, 0.15) is 6.61 Å². The maximum Gasteiger partial charge on any atom is 0.161 e. The molecule has 3 nitrogen and oxygen atoms in total. The zero-order chi connectivity index (χ0) is 11.8. The maximum absolute atomic E-state index is 5.54. The Hall–Kier alpha value is -0.930. The second kappa shape index (κ2) is 7.36. The van der Waals surface area contributed by atoms with Crippen LogP contribution in [0.15, 0.2) is 18.2 Å². The van der Waals surface area contributed by atoms with Gasteiger partial charge in [0.2, 0.25) is 0 Å². The van der Waals surface area contributed by atoms with Crippen molar-refractivity contribution in [3.05, 3.63) is 23.8 Å². The number of alkyl halides is 1. The van der Waals surface area contributed by atoms with Gasteiger partial charge in [0.25, 0.3) is 0 Å². The fourth-order valence-corrected chi connectivity index (χ4v) is 1.37. The molecule has 0 bridgehead atoms. The number of rotatable bonds is 7. The summed E-state index contributed by atoms with van der Waals surface area (Å²) in [5, 5.41) is 0. The number of halogens is 1. The summed E-state index contributed by atoms with van der Waals surface area (Å²) >= 11 is 5.48. The van der Waals surface area contributed by atoms with Crippen LogP contribution in [0.4, 0.5) is 0 Å². The minimum absolute atomic E-state index is 0.496. The molecule has 16 heavy (non-hydrogen) atoms. The number of benzene rings is 1. The summed E-state index contributed by atoms with van der Waals surface area (Å²) in [5.74, 6) is 1.99. The molecule has 0 atom stereocenters. The van der Waals surface area contributed by atoms with Gasteiger partial charge in [-0.25, -0.2) is 0 Å². The number of aryl methyl sites for hydroxylation is 1. The molecule has 0 fully saturated rings. The van der Waals surface area contributed by atoms with Gasteiger partial charge < -0.3 is 14.2 Å². The highest BCUT2D eigenvalue weighted by Gasteiger charge is 2.03. The second-order valence-electron chi connectivity index (χ2n) is 3.30. The van der Waals surface area contributed by atoms with Crippen molar-refractivity contribution in [2.24, 2.45) is 0 Å². The molecule has 0 heterocycles. The molecule has 0 N–H and O–H groups in total. The lowest BCUT2D eigenvalue weighted by Crippen LogP contribution is -2.08. The first-order chi connectivity index (χ1) is 7.77. The normalized spacial score (nSPS) is 10.2. The highest BCUT2D eigenvalue weighted by atomic mass is 35.5. The van der Waals surface area contributed by atoms with Gasteiger partial charge >= 0.3 is 0 Å². The van der Waals surface area contributed by atoms with Crippen LogP contribution in [-0.2, 0) is 4.74 Å². The average Bonchev–Trinajstić information content (AvgIpc) is 2.30. The van der Waals surface area contributed by atoms with Crippen molar-refractivity contribution < 1.29 is 14.2 Å². The third kappa shape index (κ3) is 4.29. The van der Waals surface area contributed by atoms with Gasteiger partial charge in [0.15, 0.2) is 11.5 Å². The van der Waals surface area contributed by atoms with Crippen molar-refractivity contribution in [1.82, 2.24) is 0 Å². The van der Waals surface area contributed by atoms with Gasteiger partial charge in [0.05, 0.1) is 20.3 Å². The molecule has 0 saturated heterocycles. The van der Waals surface area contributed by atoms with Crippen LogP contribution in [0.25, 0.3) is 0 Å². The molecular weight excluding hydrogens is 228 g/mol. The van der Waals surface area contributed by atoms with Gasteiger partial charge in [-0.1, -0.05) is 6.07 Å². The Morgan fingerprint density at radius 3 is 2.62 bits per heavy atom. The highest BCUT2D eigenvalue weighted by molar-refractivity contribution is 6.17. The number of ether oxygens (including phenoxy) is 3. The Morgan fingerprint density at radius 2 is 1.94 bits per heavy atom. The smallest absolute Gasteiger partial charge is 0.161 e. The largest absolute Gasteiger partial charge is 0.493 e. The zero-order valence-corrected chi connectivity index (χ0v) is 10.4. The van der Waals surface area contributed by atoms with Crippen LogP contribution in [0.3, 0.4) is 0 Å². The monoisotopic (exact) mass is 244 g/mol. The summed E-state index contributed by atoms with van der Waals surface area (Å²) in [7, 11) is 1.63. The predicted octanol–water partition coefficient (Wildman–Crippen LogP) is 2.64. The fourth-order valence-electron chi connectivity index (χ4n) is 1.26. The Kier molecular flexibility index (Phi) is 6.04. The molecule has 90 valence electrons. The minimum atomic E-state index is 0.496. The van der Waals surface area contributed by atoms with Gasteiger partial charge in [-0.3, -0.25) is 0 Å². The predicted molar refractivity (Wildman–Crippen MR) is 64.8 cm³/mol. The molecule has 0 aliphatic heterocycles. The van der Waals surface area contributed by atoms with Crippen LogP contribution < -0.4 is 9.47 Å². The highest BCUT2D eigenvalue weighted by Crippen LogP contribution is 2.27. The molecular formula is C12H17ClO3. The summed E-state index contributed by atoms with van der Waals surface area (Å²) in [6.07, 6.45) is 0. The van der Waals surface area contributed by atoms with E-state index in [2.05, 4.69) is 0 Å². The second-order valence-corrected chi connectivity index (χ2v) is 3.68. The van der Waals surface area contributed by atoms with Crippen molar-refractivity contribution in [3.63, 3.8) is 0 Å². The topological polar surface area (TPSA) is 27.7 Å². The van der Waals surface area contributed by atoms with E-state index in [-0.39, 0.29) is 0 Å². The molecule has 0 spiro atoms. The van der Waals surface area contributed by atoms with E-state index in [1.807, 2.05) is 25.1 Å². The summed E-state index contributed by atoms with van der Waals surface area (Å²) < 4.78 is 16.0. The number of methoxy groups -OCH3 is 1. The Labute approximate surface area is 101 Å². The summed E-state index contributed by atoms with van der Waals surface area (Å²) in [6, 6.07) is 5.82. The van der Waals surface area contributed by atoms with Gasteiger partial charge in [0, 0.05) is 5.88 Å². The lowest BCUT2D eigenvalue weighted by Gasteiger charge is -2.11. The lowest BCUT2D eigenvalue weighted by molar-refractivity contribution is 0.110. The molecule has 1 aromatic carbocycles. The molecule has 0 aromatic heterocycles. The summed E-state index contributed by atoms with van der Waals surface area (Å²) in [6.45, 7) is 3.59. The molecule has 0 unspecified atom stereocenters. The number of hydrogen-bond acceptors (Lipinski definition) is 3. The molecule has 0 radical (unpaired) electrons. The molecule has 0 saturated carbocycles. The van der Waals surface area contributed by atoms with Crippen LogP contribution in [0.5, 0.6) is 11.5 Å². The van der Waals surface area contributed by atoms with E-state index in [4.69, 9.17) is 25.8 Å². The van der Waals surface area contributed by atoms with E-state index in [1.54, 1.807) is 7.11 Å². The van der Waals surface area contributed by atoms with Gasteiger partial charge in [-0.15, -0.1) is 11.6 Å². The Balaban J connectivity index is 2.41. The Morgan fingerprint density at radius 1 is 1.12 bits per heavy atom. The molecule has 0 aliphatic rings. The Bertz CT molecular complexity index is 315. The van der Waals surface area contributed by atoms with Crippen LogP contribution in [0, 0.1) is 6.92 Å². The van der Waals surface area contributed by atoms with E-state index in [9.17, 15) is 0 Å². The van der Waals surface area contributed by atoms with E-state index in [0.717, 1.165) is 17.1 Å². The standard InChI is InChI=1S/C12H17ClO3/c1-10-3-4-11(12(9-10)14-2)16-8-7-15-6-5-13/h3-4,9H,5-8H2,1-2H3. The molecule has 0 amide bonds. The summed E-state index contributed by atoms with van der Waals surface area (Å²) in [4.78, 5) is 0. The molecule has 0 aliphatic carbocycles. The van der Waals surface area contributed by atoms with Crippen molar-refractivity contribution >= 4 is 11.6 Å². The molecule has 1 aromatic rings. The van der Waals surface area contributed by atoms with E-state index in [0.29, 0.717) is 25.7 Å². The quantitative estimate of drug-likeness (QED) is 0.545. The van der Waals surface area contributed by atoms with Crippen molar-refractivity contribution in [2.45, 2.75) is 6.92 Å². The van der Waals surface area contributed by atoms with Crippen LogP contribution >= 0.6 is 11.6 Å². The first kappa shape index (κ1) is 13.1. The SMILES string of the molecule is COc1cc(C)ccc1OCCOCCCl. The first-order valence-corrected chi connectivity index (χ1v) is 5.72. The van der Waals surface area contributed by atoms with E-state index in [1.165, 1.54) is 0 Å². The lowest BCUT2D eigenvalue weighted by atomic mass is 10.2. The first-order valence-electron chi connectivity index (χ1n) is 5.19. The van der Waals surface area contributed by atoms with Gasteiger partial charge in [-0.2, -0.15) is 0 Å². The zero-order valence-electron chi connectivity index (χ0n) is 9.66. The van der Waals surface area contributed by atoms with Gasteiger partial charge in [-0.05, 0) is 24.6 Å². The minimum Gasteiger partial charge on any atom is -0.493 e. The van der Waals surface area contributed by atoms with Crippen molar-refractivity contribution in [2.75, 3.05) is 32.8 Å². The van der Waals surface area contributed by atoms with Crippen molar-refractivity contribution in [1.29, 1.82) is 0 Å². The fraction of sp³-hybridized carbons (Fsp3) is 0.500. The molecule has 1 rings (SSSR count). The summed E-state index contributed by atoms with van der Waals surface area (Å²) in [5.41, 5.74) is 1.14. The third-order valence-electron chi connectivity index (χ3n) is 2.03. The number of hydrogen-bond donors (Lipinski definition) is 0. The third-order valence-corrected chi connectivity index (χ3v) is 2.18. The molecule has 4 heteroatoms. The van der Waals surface area contributed by atoms with Crippen LogP contribution in [0.2, 0.25) is 0 Å². The van der Waals surface area contributed by atoms with Crippen LogP contribution in [-0.4, -0.2) is 32.8 Å². The maximum atomic E-state index is 5.54. The van der Waals surface area contributed by atoms with Crippen LogP contribution in [0.1, 0.15) is 5.56 Å².